The summed E-state index contributed by atoms with van der Waals surface area (Å²) in [5, 5.41) is 0. The van der Waals surface area contributed by atoms with E-state index in [-0.39, 0.29) is 41.2 Å². The molecule has 5 heteroatoms. The van der Waals surface area contributed by atoms with Crippen LogP contribution in [0.3, 0.4) is 0 Å². The van der Waals surface area contributed by atoms with Gasteiger partial charge < -0.3 is 9.47 Å². The molecule has 0 amide bonds. The van der Waals surface area contributed by atoms with E-state index >= 15 is 0 Å². The molecule has 4 bridgehead atoms. The van der Waals surface area contributed by atoms with Crippen LogP contribution in [0.25, 0.3) is 0 Å². The number of carbonyl (C=O) groups excluding carboxylic acids is 2. The molecule has 5 aliphatic rings. The Hall–Kier alpha value is -2.79. The molecule has 0 saturated heterocycles. The Morgan fingerprint density at radius 2 is 1.54 bits per heavy atom. The highest BCUT2D eigenvalue weighted by Gasteiger charge is 2.57. The summed E-state index contributed by atoms with van der Waals surface area (Å²) in [6.45, 7) is 4.19. The van der Waals surface area contributed by atoms with Gasteiger partial charge in [-0.05, 0) is 80.9 Å². The van der Waals surface area contributed by atoms with Crippen molar-refractivity contribution in [1.29, 1.82) is 0 Å². The molecule has 4 nitrogen and oxygen atoms in total. The summed E-state index contributed by atoms with van der Waals surface area (Å²) < 4.78 is 12.2. The van der Waals surface area contributed by atoms with Crippen molar-refractivity contribution in [2.45, 2.75) is 67.8 Å². The third kappa shape index (κ3) is 4.79. The number of esters is 1. The van der Waals surface area contributed by atoms with Crippen molar-refractivity contribution < 1.29 is 19.1 Å². The molecule has 0 radical (unpaired) electrons. The number of hydrogen-bond donors (Lipinski definition) is 0. The Balaban J connectivity index is 1.17. The lowest BCUT2D eigenvalue weighted by atomic mass is 9.53. The Bertz CT molecular complexity index is 1190. The maximum Gasteiger partial charge on any atom is 0.344 e. The van der Waals surface area contributed by atoms with E-state index in [9.17, 15) is 9.59 Å². The summed E-state index contributed by atoms with van der Waals surface area (Å²) in [5.74, 6) is 1.87. The number of carbonyl (C=O) groups is 2. The van der Waals surface area contributed by atoms with Gasteiger partial charge in [-0.25, -0.2) is 4.79 Å². The molecule has 0 aliphatic heterocycles. The van der Waals surface area contributed by atoms with Gasteiger partial charge in [0.1, 0.15) is 22.0 Å². The summed E-state index contributed by atoms with van der Waals surface area (Å²) in [4.78, 5) is 29.4. The Morgan fingerprint density at radius 3 is 2.11 bits per heavy atom. The average Bonchev–Trinajstić information content (AvgIpc) is 2.87. The number of ketones is 1. The quantitative estimate of drug-likeness (QED) is 0.307. The lowest BCUT2D eigenvalue weighted by Gasteiger charge is -2.54. The number of allylic oxidation sites excluding steroid dienone is 4. The summed E-state index contributed by atoms with van der Waals surface area (Å²) >= 11 is 0. The second-order valence-electron chi connectivity index (χ2n) is 11.4. The first-order valence-electron chi connectivity index (χ1n) is 13.5. The van der Waals surface area contributed by atoms with Gasteiger partial charge in [0.05, 0.1) is 10.9 Å². The van der Waals surface area contributed by atoms with E-state index in [1.807, 2.05) is 0 Å². The lowest BCUT2D eigenvalue weighted by molar-refractivity contribution is -0.192. The number of rotatable bonds is 7. The molecule has 2 aromatic carbocycles. The zero-order valence-electron chi connectivity index (χ0n) is 21.7. The first-order chi connectivity index (χ1) is 17.9. The van der Waals surface area contributed by atoms with Crippen LogP contribution in [0.15, 0.2) is 92.8 Å². The van der Waals surface area contributed by atoms with Crippen molar-refractivity contribution in [3.63, 3.8) is 0 Å². The molecule has 192 valence electrons. The Kier molecular flexibility index (Phi) is 6.52. The molecular weight excluding hydrogens is 480 g/mol. The number of hydrogen-bond acceptors (Lipinski definition) is 4. The summed E-state index contributed by atoms with van der Waals surface area (Å²) in [5.41, 5.74) is 0.630. The highest BCUT2D eigenvalue weighted by atomic mass is 32.2. The minimum atomic E-state index is -0.445. The van der Waals surface area contributed by atoms with E-state index in [0.717, 1.165) is 37.0 Å². The number of benzene rings is 2. The number of ether oxygens (including phenoxy) is 2. The highest BCUT2D eigenvalue weighted by Crippen LogP contribution is 2.55. The van der Waals surface area contributed by atoms with Gasteiger partial charge in [0, 0.05) is 24.2 Å². The maximum atomic E-state index is 12.9. The largest absolute Gasteiger partial charge is 0.486 e. The van der Waals surface area contributed by atoms with Gasteiger partial charge in [-0.1, -0.05) is 43.3 Å². The van der Waals surface area contributed by atoms with E-state index in [0.29, 0.717) is 24.5 Å². The van der Waals surface area contributed by atoms with Crippen molar-refractivity contribution in [1.82, 2.24) is 0 Å². The van der Waals surface area contributed by atoms with Crippen LogP contribution in [0.5, 0.6) is 0 Å². The average molecular weight is 516 g/mol. The van der Waals surface area contributed by atoms with Crippen LogP contribution in [-0.2, 0) is 30.0 Å². The van der Waals surface area contributed by atoms with Crippen LogP contribution >= 0.6 is 0 Å². The highest BCUT2D eigenvalue weighted by molar-refractivity contribution is 8.00. The molecule has 2 aromatic rings. The fourth-order valence-electron chi connectivity index (χ4n) is 7.31. The van der Waals surface area contributed by atoms with Gasteiger partial charge in [0.25, 0.3) is 0 Å². The van der Waals surface area contributed by atoms with Crippen molar-refractivity contribution in [3.05, 3.63) is 83.0 Å². The van der Waals surface area contributed by atoms with E-state index in [4.69, 9.17) is 9.47 Å². The molecule has 3 atom stereocenters. The van der Waals surface area contributed by atoms with Crippen molar-refractivity contribution >= 4 is 22.6 Å². The molecule has 0 heterocycles. The normalized spacial score (nSPS) is 30.5. The van der Waals surface area contributed by atoms with Crippen LogP contribution < -0.4 is 0 Å². The minimum Gasteiger partial charge on any atom is -0.486 e. The Labute approximate surface area is 222 Å². The lowest BCUT2D eigenvalue weighted by Crippen LogP contribution is -2.57. The van der Waals surface area contributed by atoms with E-state index in [1.54, 1.807) is 0 Å². The van der Waals surface area contributed by atoms with Gasteiger partial charge in [-0.15, -0.1) is 0 Å². The third-order valence-corrected chi connectivity index (χ3v) is 10.9. The molecule has 0 N–H and O–H groups in total. The molecular formula is C32H35O4S+. The predicted molar refractivity (Wildman–Crippen MR) is 145 cm³/mol. The smallest absolute Gasteiger partial charge is 0.344 e. The topological polar surface area (TPSA) is 52.6 Å². The monoisotopic (exact) mass is 515 g/mol. The van der Waals surface area contributed by atoms with Crippen LogP contribution in [0.4, 0.5) is 0 Å². The minimum absolute atomic E-state index is 0.0705. The zero-order chi connectivity index (χ0) is 25.6. The van der Waals surface area contributed by atoms with Crippen LogP contribution in [0.2, 0.25) is 0 Å². The summed E-state index contributed by atoms with van der Waals surface area (Å²) in [6, 6.07) is 21.4. The van der Waals surface area contributed by atoms with Crippen LogP contribution in [0.1, 0.15) is 52.4 Å². The molecule has 37 heavy (non-hydrogen) atoms. The third-order valence-electron chi connectivity index (χ3n) is 8.55. The van der Waals surface area contributed by atoms with Gasteiger partial charge in [0.2, 0.25) is 0 Å². The SMILES string of the molecule is CC1=C(OCC(=O)OC23CC4CC(C2)C(=O)C(C4)C3)C(C)CC([S+](c2ccccc2)c2ccccc2)=C1. The molecule has 5 aliphatic carbocycles. The van der Waals surface area contributed by atoms with Crippen molar-refractivity contribution in [3.8, 4) is 0 Å². The van der Waals surface area contributed by atoms with Gasteiger partial charge in [0.15, 0.2) is 16.4 Å². The molecule has 4 saturated carbocycles. The second-order valence-corrected chi connectivity index (χ2v) is 13.5. The molecule has 3 unspecified atom stereocenters. The standard InChI is InChI=1S/C32H35O4S/c1-21-13-28(37(26-9-5-3-6-10-26)27-11-7-4-8-12-27)14-22(2)31(21)35-20-29(33)36-32-17-23-15-24(18-32)30(34)25(16-23)19-32/h3-13,22-25H,14-20H2,1-2H3/q+1. The predicted octanol–water partition coefficient (Wildman–Crippen LogP) is 6.63. The summed E-state index contributed by atoms with van der Waals surface area (Å²) in [7, 11) is -0.166. The molecule has 4 fully saturated rings. The van der Waals surface area contributed by atoms with Gasteiger partial charge >= 0.3 is 5.97 Å². The second kappa shape index (κ2) is 9.83. The van der Waals surface area contributed by atoms with Gasteiger partial charge in [-0.2, -0.15) is 0 Å². The van der Waals surface area contributed by atoms with Crippen LogP contribution in [0, 0.1) is 23.7 Å². The molecule has 0 spiro atoms. The van der Waals surface area contributed by atoms with Crippen LogP contribution in [-0.4, -0.2) is 24.0 Å². The summed E-state index contributed by atoms with van der Waals surface area (Å²) in [6.07, 6.45) is 7.42. The maximum absolute atomic E-state index is 12.9. The van der Waals surface area contributed by atoms with E-state index in [1.165, 1.54) is 14.7 Å². The Morgan fingerprint density at radius 1 is 0.946 bits per heavy atom. The fraction of sp³-hybridized carbons (Fsp3) is 0.438. The number of Topliss-reactive ketones (excluding diaryl/α,β-unsaturated/α-hetero) is 1. The van der Waals surface area contributed by atoms with Crippen molar-refractivity contribution in [2.75, 3.05) is 6.61 Å². The van der Waals surface area contributed by atoms with E-state index < -0.39 is 5.60 Å². The first kappa shape index (κ1) is 24.5. The van der Waals surface area contributed by atoms with Gasteiger partial charge in [-0.3, -0.25) is 4.79 Å². The molecule has 0 aromatic heterocycles. The fourth-order valence-corrected chi connectivity index (χ4v) is 9.76. The first-order valence-corrected chi connectivity index (χ1v) is 14.8. The van der Waals surface area contributed by atoms with Crippen molar-refractivity contribution in [2.24, 2.45) is 23.7 Å². The zero-order valence-corrected chi connectivity index (χ0v) is 22.5. The molecule has 7 rings (SSSR count). The van der Waals surface area contributed by atoms with E-state index in [2.05, 4.69) is 80.6 Å².